The molecule has 6 rings (SSSR count). The molecule has 208 valence electrons. The van der Waals surface area contributed by atoms with Crippen LogP contribution in [0.25, 0.3) is 11.7 Å². The monoisotopic (exact) mass is 544 g/mol. The van der Waals surface area contributed by atoms with Gasteiger partial charge in [0.25, 0.3) is 5.91 Å². The second kappa shape index (κ2) is 9.92. The number of nitrogens with zero attached hydrogens (tertiary/aromatic N) is 7. The standard InChI is InChI=1S/C28H32N8O4/c1-28(2,3)40-27(39)35(20-7-8-20)24-16-22(34-12-10-33(11-13-34)21-6-4-5-9-29-21)31-25-19(17-30-36(24)25)14-18-15-23(37)32-26(18)38/h4-6,9,14,16-17,20H,7-8,10-13,15H2,1-3H3,(H,32,37,38)/b18-14+. The molecule has 5 heterocycles. The van der Waals surface area contributed by atoms with Crippen LogP contribution in [0.4, 0.5) is 22.2 Å². The van der Waals surface area contributed by atoms with E-state index in [1.165, 1.54) is 0 Å². The lowest BCUT2D eigenvalue weighted by Gasteiger charge is -2.36. The third-order valence-corrected chi connectivity index (χ3v) is 7.02. The molecule has 0 unspecified atom stereocenters. The smallest absolute Gasteiger partial charge is 0.416 e. The molecule has 1 saturated carbocycles. The minimum Gasteiger partial charge on any atom is -0.443 e. The van der Waals surface area contributed by atoms with E-state index in [2.05, 4.69) is 25.2 Å². The first-order valence-electron chi connectivity index (χ1n) is 13.5. The van der Waals surface area contributed by atoms with Gasteiger partial charge in [0.2, 0.25) is 5.91 Å². The van der Waals surface area contributed by atoms with Crippen LogP contribution in [0.1, 0.15) is 45.6 Å². The number of nitrogens with one attached hydrogen (secondary N) is 1. The van der Waals surface area contributed by atoms with Crippen molar-refractivity contribution >= 4 is 47.1 Å². The van der Waals surface area contributed by atoms with Gasteiger partial charge in [0.05, 0.1) is 12.6 Å². The van der Waals surface area contributed by atoms with Gasteiger partial charge in [-0.15, -0.1) is 0 Å². The van der Waals surface area contributed by atoms with E-state index in [4.69, 9.17) is 9.72 Å². The van der Waals surface area contributed by atoms with Gasteiger partial charge in [-0.2, -0.15) is 9.61 Å². The predicted octanol–water partition coefficient (Wildman–Crippen LogP) is 2.78. The van der Waals surface area contributed by atoms with Gasteiger partial charge in [-0.1, -0.05) is 6.07 Å². The number of ether oxygens (including phenoxy) is 1. The maximum atomic E-state index is 13.4. The van der Waals surface area contributed by atoms with Crippen LogP contribution in [0.3, 0.4) is 0 Å². The van der Waals surface area contributed by atoms with E-state index in [-0.39, 0.29) is 18.4 Å². The highest BCUT2D eigenvalue weighted by molar-refractivity contribution is 6.15. The number of hydrogen-bond donors (Lipinski definition) is 1. The Balaban J connectivity index is 1.40. The SMILES string of the molecule is CC(C)(C)OC(=O)N(c1cc(N2CCN(c3ccccn3)CC2)nc2c(/C=C3\CC(=O)NC3=O)cnn12)C1CC1. The molecule has 2 aliphatic heterocycles. The fourth-order valence-electron chi connectivity index (χ4n) is 4.97. The minimum atomic E-state index is -0.664. The van der Waals surface area contributed by atoms with Gasteiger partial charge in [0.1, 0.15) is 23.1 Å². The first-order valence-corrected chi connectivity index (χ1v) is 13.5. The molecular formula is C28H32N8O4. The Morgan fingerprint density at radius 1 is 1.10 bits per heavy atom. The van der Waals surface area contributed by atoms with Crippen molar-refractivity contribution < 1.29 is 19.1 Å². The molecule has 0 bridgehead atoms. The zero-order valence-electron chi connectivity index (χ0n) is 22.8. The van der Waals surface area contributed by atoms with Crippen LogP contribution in [-0.4, -0.2) is 75.3 Å². The first kappa shape index (κ1) is 25.8. The Morgan fingerprint density at radius 3 is 2.42 bits per heavy atom. The number of imide groups is 1. The molecule has 2 saturated heterocycles. The largest absolute Gasteiger partial charge is 0.443 e. The van der Waals surface area contributed by atoms with Crippen LogP contribution in [0.2, 0.25) is 0 Å². The summed E-state index contributed by atoms with van der Waals surface area (Å²) < 4.78 is 7.41. The number of anilines is 3. The lowest BCUT2D eigenvalue weighted by Crippen LogP contribution is -2.47. The Bertz CT molecular complexity index is 1500. The third kappa shape index (κ3) is 5.21. The van der Waals surface area contributed by atoms with E-state index >= 15 is 0 Å². The van der Waals surface area contributed by atoms with E-state index in [0.29, 0.717) is 41.5 Å². The summed E-state index contributed by atoms with van der Waals surface area (Å²) in [5.74, 6) is 1.44. The molecule has 40 heavy (non-hydrogen) atoms. The van der Waals surface area contributed by atoms with Crippen molar-refractivity contribution in [2.45, 2.75) is 51.7 Å². The number of pyridine rings is 1. The summed E-state index contributed by atoms with van der Waals surface area (Å²) in [6.07, 6.45) is 6.34. The van der Waals surface area contributed by atoms with E-state index in [0.717, 1.165) is 31.7 Å². The minimum absolute atomic E-state index is 0.00135. The topological polar surface area (TPSA) is 125 Å². The predicted molar refractivity (Wildman–Crippen MR) is 149 cm³/mol. The number of rotatable bonds is 5. The summed E-state index contributed by atoms with van der Waals surface area (Å²) in [6, 6.07) is 7.77. The molecule has 0 radical (unpaired) electrons. The Morgan fingerprint density at radius 2 is 1.82 bits per heavy atom. The van der Waals surface area contributed by atoms with E-state index < -0.39 is 17.6 Å². The van der Waals surface area contributed by atoms with Crippen molar-refractivity contribution in [3.63, 3.8) is 0 Å². The van der Waals surface area contributed by atoms with Gasteiger partial charge < -0.3 is 14.5 Å². The molecule has 0 atom stereocenters. The molecule has 3 fully saturated rings. The second-order valence-corrected chi connectivity index (χ2v) is 11.3. The van der Waals surface area contributed by atoms with Gasteiger partial charge in [-0.25, -0.2) is 14.8 Å². The van der Waals surface area contributed by atoms with Gasteiger partial charge >= 0.3 is 6.09 Å². The second-order valence-electron chi connectivity index (χ2n) is 11.3. The van der Waals surface area contributed by atoms with Crippen LogP contribution in [0, 0.1) is 0 Å². The van der Waals surface area contributed by atoms with Crippen molar-refractivity contribution in [2.24, 2.45) is 0 Å². The first-order chi connectivity index (χ1) is 19.2. The van der Waals surface area contributed by atoms with E-state index in [1.807, 2.05) is 45.0 Å². The number of aromatic nitrogens is 4. The van der Waals surface area contributed by atoms with E-state index in [1.54, 1.807) is 27.9 Å². The number of piperazine rings is 1. The van der Waals surface area contributed by atoms with Gasteiger partial charge in [0.15, 0.2) is 5.65 Å². The molecule has 3 aromatic rings. The fraction of sp³-hybridized carbons (Fsp3) is 0.429. The Kier molecular flexibility index (Phi) is 6.40. The normalized spacial score (nSPS) is 18.9. The highest BCUT2D eigenvalue weighted by atomic mass is 16.6. The summed E-state index contributed by atoms with van der Waals surface area (Å²) in [5.41, 5.74) is 0.774. The zero-order valence-corrected chi connectivity index (χ0v) is 22.8. The van der Waals surface area contributed by atoms with Gasteiger partial charge in [0, 0.05) is 55.6 Å². The molecule has 3 aliphatic rings. The summed E-state index contributed by atoms with van der Waals surface area (Å²) in [7, 11) is 0. The van der Waals surface area contributed by atoms with Crippen LogP contribution < -0.4 is 20.0 Å². The molecule has 3 aromatic heterocycles. The average molecular weight is 545 g/mol. The third-order valence-electron chi connectivity index (χ3n) is 7.02. The number of hydrogen-bond acceptors (Lipinski definition) is 9. The van der Waals surface area contributed by atoms with Crippen LogP contribution in [0.5, 0.6) is 0 Å². The molecule has 1 aliphatic carbocycles. The maximum absolute atomic E-state index is 13.4. The van der Waals surface area contributed by atoms with Crippen molar-refractivity contribution in [1.82, 2.24) is 24.9 Å². The molecule has 12 nitrogen and oxygen atoms in total. The highest BCUT2D eigenvalue weighted by Gasteiger charge is 2.39. The van der Waals surface area contributed by atoms with Crippen LogP contribution in [0.15, 0.2) is 42.2 Å². The number of carbonyl (C=O) groups is 3. The fourth-order valence-corrected chi connectivity index (χ4v) is 4.97. The molecular weight excluding hydrogens is 512 g/mol. The van der Waals surface area contributed by atoms with Crippen LogP contribution >= 0.6 is 0 Å². The lowest BCUT2D eigenvalue weighted by molar-refractivity contribution is -0.124. The molecule has 0 spiro atoms. The average Bonchev–Trinajstić information content (AvgIpc) is 3.58. The summed E-state index contributed by atoms with van der Waals surface area (Å²) in [6.45, 7) is 8.46. The zero-order chi connectivity index (χ0) is 28.0. The highest BCUT2D eigenvalue weighted by Crippen LogP contribution is 2.36. The lowest BCUT2D eigenvalue weighted by atomic mass is 10.1. The van der Waals surface area contributed by atoms with Gasteiger partial charge in [-0.3, -0.25) is 19.8 Å². The maximum Gasteiger partial charge on any atom is 0.416 e. The van der Waals surface area contributed by atoms with E-state index in [9.17, 15) is 14.4 Å². The Labute approximate surface area is 231 Å². The number of carbonyl (C=O) groups excluding carboxylic acids is 3. The van der Waals surface area contributed by atoms with Crippen molar-refractivity contribution in [3.05, 3.63) is 47.8 Å². The number of amides is 3. The van der Waals surface area contributed by atoms with Crippen LogP contribution in [-0.2, 0) is 14.3 Å². The molecule has 12 heteroatoms. The van der Waals surface area contributed by atoms with Gasteiger partial charge in [-0.05, 0) is 51.8 Å². The molecule has 0 aromatic carbocycles. The Hall–Kier alpha value is -4.48. The van der Waals surface area contributed by atoms with Crippen molar-refractivity contribution in [2.75, 3.05) is 40.9 Å². The van der Waals surface area contributed by atoms with Crippen molar-refractivity contribution in [1.29, 1.82) is 0 Å². The molecule has 3 amide bonds. The summed E-state index contributed by atoms with van der Waals surface area (Å²) in [4.78, 5) is 53.0. The number of fused-ring (bicyclic) bond motifs is 1. The summed E-state index contributed by atoms with van der Waals surface area (Å²) in [5, 5.41) is 6.88. The van der Waals surface area contributed by atoms with Crippen molar-refractivity contribution in [3.8, 4) is 0 Å². The summed E-state index contributed by atoms with van der Waals surface area (Å²) >= 11 is 0. The molecule has 1 N–H and O–H groups in total. The quantitative estimate of drug-likeness (QED) is 0.381.